The van der Waals surface area contributed by atoms with Crippen LogP contribution in [0.3, 0.4) is 0 Å². The van der Waals surface area contributed by atoms with Crippen molar-refractivity contribution in [3.63, 3.8) is 0 Å². The van der Waals surface area contributed by atoms with E-state index in [9.17, 15) is 9.59 Å². The first kappa shape index (κ1) is 23.5. The number of para-hydroxylation sites is 1. The number of rotatable bonds is 9. The third-order valence-corrected chi connectivity index (χ3v) is 5.62. The molecule has 0 saturated carbocycles. The Morgan fingerprint density at radius 1 is 1.00 bits per heavy atom. The fraction of sp³-hybridized carbons (Fsp3) is 0.400. The van der Waals surface area contributed by atoms with Gasteiger partial charge in [-0.3, -0.25) is 14.5 Å². The number of amides is 2. The summed E-state index contributed by atoms with van der Waals surface area (Å²) in [6.45, 7) is 5.54. The number of benzene rings is 2. The van der Waals surface area contributed by atoms with Gasteiger partial charge in [0.2, 0.25) is 11.8 Å². The molecule has 2 amide bonds. The van der Waals surface area contributed by atoms with Gasteiger partial charge in [0.1, 0.15) is 0 Å². The van der Waals surface area contributed by atoms with Gasteiger partial charge in [0.15, 0.2) is 0 Å². The molecule has 0 atom stereocenters. The zero-order valence-corrected chi connectivity index (χ0v) is 18.7. The third-order valence-electron chi connectivity index (χ3n) is 5.62. The van der Waals surface area contributed by atoms with Crippen molar-refractivity contribution in [1.29, 1.82) is 5.26 Å². The number of piperazine rings is 1. The molecule has 0 bridgehead atoms. The number of hydrogen-bond acceptors (Lipinski definition) is 5. The van der Waals surface area contributed by atoms with Crippen LogP contribution in [0.15, 0.2) is 54.6 Å². The Kier molecular flexibility index (Phi) is 8.79. The minimum atomic E-state index is -0.196. The van der Waals surface area contributed by atoms with Crippen molar-refractivity contribution >= 4 is 23.2 Å². The van der Waals surface area contributed by atoms with Crippen LogP contribution in [0.25, 0.3) is 0 Å². The Labute approximate surface area is 190 Å². The van der Waals surface area contributed by atoms with Crippen LogP contribution in [-0.4, -0.2) is 61.4 Å². The lowest BCUT2D eigenvalue weighted by Crippen LogP contribution is -2.43. The number of nitriles is 1. The topological polar surface area (TPSA) is 79.7 Å². The quantitative estimate of drug-likeness (QED) is 0.657. The molecule has 1 aliphatic heterocycles. The molecule has 0 spiro atoms. The van der Waals surface area contributed by atoms with Crippen LogP contribution >= 0.6 is 0 Å². The summed E-state index contributed by atoms with van der Waals surface area (Å²) in [5.41, 5.74) is 2.69. The van der Waals surface area contributed by atoms with Gasteiger partial charge in [0.25, 0.3) is 0 Å². The maximum Gasteiger partial charge on any atom is 0.227 e. The van der Waals surface area contributed by atoms with Gasteiger partial charge in [-0.25, -0.2) is 0 Å². The number of hydrogen-bond donors (Lipinski definition) is 1. The normalized spacial score (nSPS) is 14.5. The van der Waals surface area contributed by atoms with Crippen LogP contribution in [0.1, 0.15) is 24.8 Å². The van der Waals surface area contributed by atoms with Gasteiger partial charge in [0, 0.05) is 63.5 Å². The zero-order valence-electron chi connectivity index (χ0n) is 18.7. The number of nitrogens with one attached hydrogen (secondary N) is 1. The van der Waals surface area contributed by atoms with E-state index in [-0.39, 0.29) is 31.1 Å². The molecular formula is C25H31N5O2. The Balaban J connectivity index is 1.47. The van der Waals surface area contributed by atoms with Gasteiger partial charge in [0.05, 0.1) is 12.5 Å². The first-order valence-electron chi connectivity index (χ1n) is 11.1. The summed E-state index contributed by atoms with van der Waals surface area (Å²) in [4.78, 5) is 31.4. The molecule has 0 radical (unpaired) electrons. The summed E-state index contributed by atoms with van der Waals surface area (Å²) in [6.07, 6.45) is 0.429. The van der Waals surface area contributed by atoms with Gasteiger partial charge in [-0.1, -0.05) is 30.3 Å². The summed E-state index contributed by atoms with van der Waals surface area (Å²) in [5, 5.41) is 11.8. The fourth-order valence-corrected chi connectivity index (χ4v) is 3.70. The highest BCUT2D eigenvalue weighted by Crippen LogP contribution is 2.17. The van der Waals surface area contributed by atoms with Crippen LogP contribution in [0.2, 0.25) is 0 Å². The molecule has 1 heterocycles. The summed E-state index contributed by atoms with van der Waals surface area (Å²) >= 11 is 0. The van der Waals surface area contributed by atoms with Crippen molar-refractivity contribution in [2.45, 2.75) is 25.8 Å². The first-order valence-corrected chi connectivity index (χ1v) is 11.1. The lowest BCUT2D eigenvalue weighted by molar-refractivity contribution is -0.122. The second-order valence-corrected chi connectivity index (χ2v) is 8.11. The van der Waals surface area contributed by atoms with Crippen molar-refractivity contribution < 1.29 is 9.59 Å². The SMILES string of the molecule is CN1CCN(Cc2ccc(NC(=O)CCC(=O)N(CCC#N)c3ccccc3)cc2)CC1. The Morgan fingerprint density at radius 3 is 2.34 bits per heavy atom. The molecule has 1 N–H and O–H groups in total. The molecule has 7 heteroatoms. The van der Waals surface area contributed by atoms with Crippen LogP contribution in [0.5, 0.6) is 0 Å². The van der Waals surface area contributed by atoms with E-state index in [1.165, 1.54) is 5.56 Å². The molecule has 1 fully saturated rings. The van der Waals surface area contributed by atoms with Gasteiger partial charge < -0.3 is 15.1 Å². The van der Waals surface area contributed by atoms with Crippen molar-refractivity contribution in [2.75, 3.05) is 50.0 Å². The van der Waals surface area contributed by atoms with E-state index in [1.807, 2.05) is 54.6 Å². The van der Waals surface area contributed by atoms with Crippen LogP contribution < -0.4 is 10.2 Å². The van der Waals surface area contributed by atoms with E-state index in [0.717, 1.165) is 44.1 Å². The third kappa shape index (κ3) is 7.19. The molecule has 1 saturated heterocycles. The smallest absolute Gasteiger partial charge is 0.227 e. The van der Waals surface area contributed by atoms with E-state index < -0.39 is 0 Å². The van der Waals surface area contributed by atoms with Gasteiger partial charge >= 0.3 is 0 Å². The largest absolute Gasteiger partial charge is 0.326 e. The van der Waals surface area contributed by atoms with E-state index in [1.54, 1.807) is 4.90 Å². The van der Waals surface area contributed by atoms with Gasteiger partial charge in [-0.2, -0.15) is 5.26 Å². The zero-order chi connectivity index (χ0) is 22.8. The average molecular weight is 434 g/mol. The fourth-order valence-electron chi connectivity index (χ4n) is 3.70. The number of nitrogens with zero attached hydrogens (tertiary/aromatic N) is 4. The summed E-state index contributed by atoms with van der Waals surface area (Å²) in [6, 6.07) is 19.2. The lowest BCUT2D eigenvalue weighted by atomic mass is 10.1. The van der Waals surface area contributed by atoms with Crippen molar-refractivity contribution in [1.82, 2.24) is 9.80 Å². The maximum absolute atomic E-state index is 12.7. The molecule has 2 aromatic rings. The van der Waals surface area contributed by atoms with Crippen molar-refractivity contribution in [3.8, 4) is 6.07 Å². The second kappa shape index (κ2) is 12.0. The van der Waals surface area contributed by atoms with Crippen LogP contribution in [0, 0.1) is 11.3 Å². The highest BCUT2D eigenvalue weighted by atomic mass is 16.2. The monoisotopic (exact) mass is 433 g/mol. The Bertz CT molecular complexity index is 916. The first-order chi connectivity index (χ1) is 15.5. The number of anilines is 2. The van der Waals surface area contributed by atoms with Crippen LogP contribution in [-0.2, 0) is 16.1 Å². The lowest BCUT2D eigenvalue weighted by Gasteiger charge is -2.32. The Morgan fingerprint density at radius 2 is 1.69 bits per heavy atom. The second-order valence-electron chi connectivity index (χ2n) is 8.11. The maximum atomic E-state index is 12.7. The predicted octanol–water partition coefficient (Wildman–Crippen LogP) is 3.10. The van der Waals surface area contributed by atoms with Gasteiger partial charge in [-0.05, 0) is 36.9 Å². The van der Waals surface area contributed by atoms with Crippen molar-refractivity contribution in [2.24, 2.45) is 0 Å². The minimum Gasteiger partial charge on any atom is -0.326 e. The standard InChI is InChI=1S/C25H31N5O2/c1-28-16-18-29(19-17-28)20-21-8-10-22(11-9-21)27-24(31)12-13-25(32)30(15-5-14-26)23-6-3-2-4-7-23/h2-4,6-11H,5,12-13,15-20H2,1H3,(H,27,31). The minimum absolute atomic E-state index is 0.0909. The van der Waals surface area contributed by atoms with Crippen LogP contribution in [0.4, 0.5) is 11.4 Å². The Hall–Kier alpha value is -3.21. The summed E-state index contributed by atoms with van der Waals surface area (Å²) in [5.74, 6) is -0.359. The number of carbonyl (C=O) groups excluding carboxylic acids is 2. The van der Waals surface area contributed by atoms with E-state index in [2.05, 4.69) is 28.2 Å². The molecular weight excluding hydrogens is 402 g/mol. The number of likely N-dealkylation sites (N-methyl/N-ethyl adjacent to an activating group) is 1. The van der Waals surface area contributed by atoms with E-state index in [0.29, 0.717) is 6.54 Å². The molecule has 2 aromatic carbocycles. The molecule has 1 aliphatic rings. The molecule has 0 aromatic heterocycles. The molecule has 0 unspecified atom stereocenters. The number of carbonyl (C=O) groups is 2. The van der Waals surface area contributed by atoms with E-state index in [4.69, 9.17) is 5.26 Å². The molecule has 7 nitrogen and oxygen atoms in total. The van der Waals surface area contributed by atoms with Gasteiger partial charge in [-0.15, -0.1) is 0 Å². The van der Waals surface area contributed by atoms with E-state index >= 15 is 0 Å². The van der Waals surface area contributed by atoms with Crippen molar-refractivity contribution in [3.05, 3.63) is 60.2 Å². The molecule has 168 valence electrons. The molecule has 0 aliphatic carbocycles. The highest BCUT2D eigenvalue weighted by Gasteiger charge is 2.17. The predicted molar refractivity (Wildman–Crippen MR) is 126 cm³/mol. The molecule has 32 heavy (non-hydrogen) atoms. The summed E-state index contributed by atoms with van der Waals surface area (Å²) in [7, 11) is 2.15. The average Bonchev–Trinajstić information content (AvgIpc) is 2.81. The highest BCUT2D eigenvalue weighted by molar-refractivity contribution is 5.98. The molecule has 3 rings (SSSR count). The summed E-state index contributed by atoms with van der Waals surface area (Å²) < 4.78 is 0.